The summed E-state index contributed by atoms with van der Waals surface area (Å²) in [5.74, 6) is 1.16. The Bertz CT molecular complexity index is 982. The summed E-state index contributed by atoms with van der Waals surface area (Å²) < 4.78 is 16.6. The third-order valence-electron chi connectivity index (χ3n) is 3.81. The molecule has 126 valence electrons. The van der Waals surface area contributed by atoms with Crippen molar-refractivity contribution < 1.29 is 14.2 Å². The van der Waals surface area contributed by atoms with Crippen LogP contribution in [-0.2, 0) is 0 Å². The molecule has 0 bridgehead atoms. The van der Waals surface area contributed by atoms with Crippen LogP contribution in [0.1, 0.15) is 17.5 Å². The summed E-state index contributed by atoms with van der Waals surface area (Å²) in [6.07, 6.45) is 0.719. The smallest absolute Gasteiger partial charge is 0.268 e. The summed E-state index contributed by atoms with van der Waals surface area (Å²) in [6, 6.07) is 6.96. The normalized spacial score (nSPS) is 12.6. The molecule has 8 nitrogen and oxygen atoms in total. The van der Waals surface area contributed by atoms with E-state index in [9.17, 15) is 15.3 Å². The summed E-state index contributed by atoms with van der Waals surface area (Å²) >= 11 is 0. The molecule has 1 aromatic heterocycles. The van der Waals surface area contributed by atoms with Crippen molar-refractivity contribution in [1.29, 1.82) is 10.5 Å². The van der Waals surface area contributed by atoms with E-state index >= 15 is 0 Å². The number of fused-ring (bicyclic) bond motifs is 1. The van der Waals surface area contributed by atoms with Crippen molar-refractivity contribution in [2.24, 2.45) is 0 Å². The summed E-state index contributed by atoms with van der Waals surface area (Å²) in [6.45, 7) is 0.965. The first-order chi connectivity index (χ1) is 12.1. The SMILES string of the molecule is COc1cc2c(cc1-c1c(C#N)c(N)[nH]c(=O)c1C#N)OCCCO2. The van der Waals surface area contributed by atoms with E-state index in [1.54, 1.807) is 12.1 Å². The van der Waals surface area contributed by atoms with Gasteiger partial charge in [0.25, 0.3) is 5.56 Å². The van der Waals surface area contributed by atoms with Crippen LogP contribution in [0.25, 0.3) is 11.1 Å². The molecule has 3 rings (SSSR count). The molecule has 1 aromatic carbocycles. The molecule has 0 radical (unpaired) electrons. The van der Waals surface area contributed by atoms with E-state index in [4.69, 9.17) is 19.9 Å². The number of aromatic amines is 1. The molecular formula is C17H14N4O4. The second kappa shape index (κ2) is 6.46. The van der Waals surface area contributed by atoms with Crippen LogP contribution in [-0.4, -0.2) is 25.3 Å². The molecule has 0 spiro atoms. The average Bonchev–Trinajstić information content (AvgIpc) is 2.84. The monoisotopic (exact) mass is 338 g/mol. The van der Waals surface area contributed by atoms with E-state index in [-0.39, 0.29) is 22.5 Å². The number of anilines is 1. The van der Waals surface area contributed by atoms with E-state index in [1.165, 1.54) is 7.11 Å². The number of nitrogen functional groups attached to an aromatic ring is 1. The largest absolute Gasteiger partial charge is 0.496 e. The summed E-state index contributed by atoms with van der Waals surface area (Å²) in [5, 5.41) is 18.9. The number of ether oxygens (including phenoxy) is 3. The van der Waals surface area contributed by atoms with Crippen molar-refractivity contribution in [2.45, 2.75) is 6.42 Å². The first-order valence-electron chi connectivity index (χ1n) is 7.44. The zero-order valence-electron chi connectivity index (χ0n) is 13.4. The molecule has 25 heavy (non-hydrogen) atoms. The molecule has 0 unspecified atom stereocenters. The number of rotatable bonds is 2. The highest BCUT2D eigenvalue weighted by atomic mass is 16.5. The quantitative estimate of drug-likeness (QED) is 0.848. The van der Waals surface area contributed by atoms with Crippen LogP contribution in [0.3, 0.4) is 0 Å². The molecule has 0 amide bonds. The van der Waals surface area contributed by atoms with Gasteiger partial charge in [0.1, 0.15) is 34.8 Å². The van der Waals surface area contributed by atoms with Crippen molar-refractivity contribution in [3.8, 4) is 40.5 Å². The highest BCUT2D eigenvalue weighted by Gasteiger charge is 2.24. The molecule has 3 N–H and O–H groups in total. The average molecular weight is 338 g/mol. The first-order valence-corrected chi connectivity index (χ1v) is 7.44. The highest BCUT2D eigenvalue weighted by Crippen LogP contribution is 2.43. The minimum Gasteiger partial charge on any atom is -0.496 e. The molecule has 0 saturated carbocycles. The lowest BCUT2D eigenvalue weighted by Gasteiger charge is -2.16. The van der Waals surface area contributed by atoms with Crippen molar-refractivity contribution in [2.75, 3.05) is 26.1 Å². The molecule has 8 heteroatoms. The van der Waals surface area contributed by atoms with Gasteiger partial charge in [-0.2, -0.15) is 10.5 Å². The maximum Gasteiger partial charge on any atom is 0.268 e. The topological polar surface area (TPSA) is 134 Å². The Hall–Kier alpha value is -3.65. The molecule has 1 aliphatic heterocycles. The minimum absolute atomic E-state index is 0.0102. The maximum atomic E-state index is 12.1. The number of pyridine rings is 1. The van der Waals surface area contributed by atoms with E-state index in [1.807, 2.05) is 12.1 Å². The zero-order chi connectivity index (χ0) is 18.0. The Labute approximate surface area is 143 Å². The molecule has 0 aliphatic carbocycles. The Balaban J connectivity index is 2.38. The van der Waals surface area contributed by atoms with Crippen LogP contribution in [0, 0.1) is 22.7 Å². The molecule has 0 saturated heterocycles. The Morgan fingerprint density at radius 2 is 1.80 bits per heavy atom. The van der Waals surface area contributed by atoms with Crippen LogP contribution in [0.15, 0.2) is 16.9 Å². The Kier molecular flexibility index (Phi) is 4.19. The second-order valence-corrected chi connectivity index (χ2v) is 5.27. The molecule has 0 atom stereocenters. The van der Waals surface area contributed by atoms with E-state index in [0.29, 0.717) is 36.0 Å². The van der Waals surface area contributed by atoms with Gasteiger partial charge in [-0.3, -0.25) is 4.79 Å². The predicted octanol–water partition coefficient (Wildman–Crippen LogP) is 1.54. The molecule has 0 fully saturated rings. The summed E-state index contributed by atoms with van der Waals surface area (Å²) in [7, 11) is 1.44. The van der Waals surface area contributed by atoms with Crippen LogP contribution in [0.2, 0.25) is 0 Å². The lowest BCUT2D eigenvalue weighted by molar-refractivity contribution is 0.296. The van der Waals surface area contributed by atoms with Gasteiger partial charge in [0.2, 0.25) is 0 Å². The molecule has 2 aromatic rings. The summed E-state index contributed by atoms with van der Waals surface area (Å²) in [5.41, 5.74) is 5.32. The lowest BCUT2D eigenvalue weighted by atomic mass is 9.95. The Morgan fingerprint density at radius 3 is 2.40 bits per heavy atom. The Morgan fingerprint density at radius 1 is 1.16 bits per heavy atom. The van der Waals surface area contributed by atoms with Crippen LogP contribution >= 0.6 is 0 Å². The van der Waals surface area contributed by atoms with Crippen molar-refractivity contribution in [3.05, 3.63) is 33.6 Å². The van der Waals surface area contributed by atoms with Gasteiger partial charge in [0, 0.05) is 23.6 Å². The van der Waals surface area contributed by atoms with Gasteiger partial charge in [-0.25, -0.2) is 0 Å². The molecule has 2 heterocycles. The van der Waals surface area contributed by atoms with Gasteiger partial charge in [-0.15, -0.1) is 0 Å². The van der Waals surface area contributed by atoms with Crippen molar-refractivity contribution in [1.82, 2.24) is 4.98 Å². The number of hydrogen-bond donors (Lipinski definition) is 2. The standard InChI is InChI=1S/C17H14N4O4/c1-23-12-6-14-13(24-3-2-4-25-14)5-9(12)15-10(7-18)16(20)21-17(22)11(15)8-19/h5-6H,2-4H2,1H3,(H3,20,21,22). The fourth-order valence-electron chi connectivity index (χ4n) is 2.67. The van der Waals surface area contributed by atoms with Crippen molar-refractivity contribution in [3.63, 3.8) is 0 Å². The predicted molar refractivity (Wildman–Crippen MR) is 88.5 cm³/mol. The molecule has 1 aliphatic rings. The first kappa shape index (κ1) is 16.2. The fourth-order valence-corrected chi connectivity index (χ4v) is 2.67. The number of hydrogen-bond acceptors (Lipinski definition) is 7. The number of benzene rings is 1. The number of nitrogens with zero attached hydrogens (tertiary/aromatic N) is 2. The number of nitrogens with two attached hydrogens (primary N) is 1. The third kappa shape index (κ3) is 2.70. The van der Waals surface area contributed by atoms with Gasteiger partial charge >= 0.3 is 0 Å². The number of methoxy groups -OCH3 is 1. The van der Waals surface area contributed by atoms with E-state index in [2.05, 4.69) is 4.98 Å². The number of nitriles is 2. The van der Waals surface area contributed by atoms with Crippen LogP contribution in [0.5, 0.6) is 17.2 Å². The summed E-state index contributed by atoms with van der Waals surface area (Å²) in [4.78, 5) is 14.4. The van der Waals surface area contributed by atoms with Gasteiger partial charge < -0.3 is 24.9 Å². The second-order valence-electron chi connectivity index (χ2n) is 5.27. The van der Waals surface area contributed by atoms with Gasteiger partial charge in [0.05, 0.1) is 20.3 Å². The number of nitrogens with one attached hydrogen (secondary N) is 1. The van der Waals surface area contributed by atoms with Crippen LogP contribution in [0.4, 0.5) is 5.82 Å². The third-order valence-corrected chi connectivity index (χ3v) is 3.81. The van der Waals surface area contributed by atoms with Crippen molar-refractivity contribution >= 4 is 5.82 Å². The number of H-pyrrole nitrogens is 1. The van der Waals surface area contributed by atoms with Crippen LogP contribution < -0.4 is 25.5 Å². The fraction of sp³-hybridized carbons (Fsp3) is 0.235. The molecular weight excluding hydrogens is 324 g/mol. The van der Waals surface area contributed by atoms with Gasteiger partial charge in [0.15, 0.2) is 11.5 Å². The van der Waals surface area contributed by atoms with Gasteiger partial charge in [-0.1, -0.05) is 0 Å². The highest BCUT2D eigenvalue weighted by molar-refractivity contribution is 5.85. The van der Waals surface area contributed by atoms with E-state index < -0.39 is 5.56 Å². The van der Waals surface area contributed by atoms with Gasteiger partial charge in [-0.05, 0) is 6.07 Å². The van der Waals surface area contributed by atoms with E-state index in [0.717, 1.165) is 6.42 Å². The lowest BCUT2D eigenvalue weighted by Crippen LogP contribution is -2.16. The zero-order valence-corrected chi connectivity index (χ0v) is 13.4. The number of aromatic nitrogens is 1. The minimum atomic E-state index is -0.678. The maximum absolute atomic E-state index is 12.1.